The monoisotopic (exact) mass is 669 g/mol. The van der Waals surface area contributed by atoms with Crippen molar-refractivity contribution >= 4 is 28.6 Å². The van der Waals surface area contributed by atoms with Gasteiger partial charge in [-0.15, -0.1) is 5.10 Å². The molecule has 5 N–H and O–H groups in total. The van der Waals surface area contributed by atoms with Gasteiger partial charge in [0.1, 0.15) is 5.82 Å². The van der Waals surface area contributed by atoms with E-state index in [9.17, 15) is 36.2 Å². The van der Waals surface area contributed by atoms with Crippen LogP contribution >= 0.6 is 0 Å². The number of halogens is 6. The number of hydrogen-bond acceptors (Lipinski definition) is 6. The summed E-state index contributed by atoms with van der Waals surface area (Å²) in [5.41, 5.74) is 4.06. The lowest BCUT2D eigenvalue weighted by Gasteiger charge is -2.31. The standard InChI is InChI=1S/C30H35F6N7O2.C2H6/c1-3-42(15-18-6-4-5-7-18)26-22(12-20-8-9-21(27(44)45)13-25(20)39-26)17-43(28(37)40-41(2)38)16-19-10-23(29(31,32)33)14-24(11-19)30(34,35)36;1-2/h8-14,18H,3-7,15-17,38H2,1-2H3,(H2,37,40)(H,44,45);1-2H3. The van der Waals surface area contributed by atoms with E-state index in [1.54, 1.807) is 12.1 Å². The molecule has 47 heavy (non-hydrogen) atoms. The minimum absolute atomic E-state index is 0.0431. The largest absolute Gasteiger partial charge is 0.478 e. The Hall–Kier alpha value is -4.27. The van der Waals surface area contributed by atoms with Crippen LogP contribution in [0.1, 0.15) is 79.1 Å². The topological polar surface area (TPSA) is 124 Å². The average molecular weight is 670 g/mol. The summed E-state index contributed by atoms with van der Waals surface area (Å²) in [5, 5.41) is 14.9. The second kappa shape index (κ2) is 15.5. The molecule has 3 aromatic rings. The molecule has 0 amide bonds. The number of pyridine rings is 1. The molecular formula is C32H41F6N7O2. The van der Waals surface area contributed by atoms with Crippen LogP contribution in [0.3, 0.4) is 0 Å². The first-order valence-corrected chi connectivity index (χ1v) is 15.3. The molecule has 1 heterocycles. The van der Waals surface area contributed by atoms with Crippen LogP contribution in [0.25, 0.3) is 10.9 Å². The van der Waals surface area contributed by atoms with Crippen molar-refractivity contribution in [3.8, 4) is 0 Å². The number of rotatable bonds is 10. The highest BCUT2D eigenvalue weighted by molar-refractivity contribution is 5.93. The lowest BCUT2D eigenvalue weighted by atomic mass is 10.0. The van der Waals surface area contributed by atoms with Gasteiger partial charge in [0.25, 0.3) is 0 Å². The minimum Gasteiger partial charge on any atom is -0.478 e. The Balaban J connectivity index is 0.00000294. The number of carbonyl (C=O) groups is 1. The molecular weight excluding hydrogens is 628 g/mol. The summed E-state index contributed by atoms with van der Waals surface area (Å²) >= 11 is 0. The van der Waals surface area contributed by atoms with E-state index in [0.29, 0.717) is 53.4 Å². The van der Waals surface area contributed by atoms with Gasteiger partial charge in [-0.3, -0.25) is 0 Å². The molecule has 0 saturated heterocycles. The highest BCUT2D eigenvalue weighted by Crippen LogP contribution is 2.37. The van der Waals surface area contributed by atoms with Crippen LogP contribution in [0, 0.1) is 5.92 Å². The maximum Gasteiger partial charge on any atom is 0.416 e. The number of benzene rings is 2. The maximum atomic E-state index is 13.6. The number of hydrazine groups is 1. The fraction of sp³-hybridized carbons (Fsp3) is 0.469. The number of aromatic nitrogens is 1. The molecule has 1 aliphatic carbocycles. The van der Waals surface area contributed by atoms with Crippen LogP contribution < -0.4 is 16.5 Å². The van der Waals surface area contributed by atoms with Gasteiger partial charge in [-0.25, -0.2) is 20.7 Å². The summed E-state index contributed by atoms with van der Waals surface area (Å²) in [4.78, 5) is 19.8. The van der Waals surface area contributed by atoms with Crippen molar-refractivity contribution in [2.45, 2.75) is 71.9 Å². The zero-order chi connectivity index (χ0) is 35.1. The van der Waals surface area contributed by atoms with Gasteiger partial charge in [0, 0.05) is 44.2 Å². The summed E-state index contributed by atoms with van der Waals surface area (Å²) in [7, 11) is 1.36. The fourth-order valence-electron chi connectivity index (χ4n) is 5.57. The smallest absolute Gasteiger partial charge is 0.416 e. The summed E-state index contributed by atoms with van der Waals surface area (Å²) in [6, 6.07) is 7.58. The van der Waals surface area contributed by atoms with Gasteiger partial charge in [0.15, 0.2) is 0 Å². The number of nitrogens with zero attached hydrogens (tertiary/aromatic N) is 5. The van der Waals surface area contributed by atoms with Crippen LogP contribution in [0.5, 0.6) is 0 Å². The van der Waals surface area contributed by atoms with E-state index >= 15 is 0 Å². The molecule has 1 aliphatic rings. The van der Waals surface area contributed by atoms with Crippen molar-refractivity contribution < 1.29 is 36.2 Å². The second-order valence-corrected chi connectivity index (χ2v) is 11.2. The van der Waals surface area contributed by atoms with Crippen molar-refractivity contribution in [3.63, 3.8) is 0 Å². The minimum atomic E-state index is -5.02. The van der Waals surface area contributed by atoms with Gasteiger partial charge < -0.3 is 20.6 Å². The first-order valence-electron chi connectivity index (χ1n) is 15.3. The van der Waals surface area contributed by atoms with E-state index in [1.165, 1.54) is 24.1 Å². The predicted molar refractivity (Wildman–Crippen MR) is 169 cm³/mol. The van der Waals surface area contributed by atoms with E-state index in [-0.39, 0.29) is 29.7 Å². The Morgan fingerprint density at radius 2 is 1.57 bits per heavy atom. The zero-order valence-electron chi connectivity index (χ0n) is 26.8. The van der Waals surface area contributed by atoms with E-state index in [4.69, 9.17) is 16.6 Å². The molecule has 0 aliphatic heterocycles. The van der Waals surface area contributed by atoms with Gasteiger partial charge in [0.2, 0.25) is 5.96 Å². The van der Waals surface area contributed by atoms with Gasteiger partial charge in [-0.1, -0.05) is 32.8 Å². The van der Waals surface area contributed by atoms with Crippen molar-refractivity contribution in [3.05, 3.63) is 70.3 Å². The third-order valence-electron chi connectivity index (χ3n) is 7.72. The van der Waals surface area contributed by atoms with Gasteiger partial charge >= 0.3 is 18.3 Å². The van der Waals surface area contributed by atoms with Crippen LogP contribution in [0.15, 0.2) is 47.6 Å². The molecule has 4 rings (SSSR count). The van der Waals surface area contributed by atoms with E-state index in [0.717, 1.165) is 30.8 Å². The Bertz CT molecular complexity index is 1520. The molecule has 2 aromatic carbocycles. The van der Waals surface area contributed by atoms with Crippen LogP contribution in [0.4, 0.5) is 32.2 Å². The maximum absolute atomic E-state index is 13.6. The molecule has 1 aromatic heterocycles. The molecule has 0 bridgehead atoms. The Morgan fingerprint density at radius 1 is 0.979 bits per heavy atom. The highest BCUT2D eigenvalue weighted by Gasteiger charge is 2.37. The second-order valence-electron chi connectivity index (χ2n) is 11.2. The summed E-state index contributed by atoms with van der Waals surface area (Å²) in [5.74, 6) is 5.18. The van der Waals surface area contributed by atoms with E-state index in [2.05, 4.69) is 5.10 Å². The number of fused-ring (bicyclic) bond motifs is 1. The Labute approximate surface area is 269 Å². The van der Waals surface area contributed by atoms with Crippen molar-refractivity contribution in [2.24, 2.45) is 22.6 Å². The molecule has 0 spiro atoms. The number of carboxylic acids is 1. The van der Waals surface area contributed by atoms with Crippen LogP contribution in [0.2, 0.25) is 0 Å². The molecule has 1 saturated carbocycles. The first kappa shape index (κ1) is 37.2. The van der Waals surface area contributed by atoms with Crippen molar-refractivity contribution in [1.82, 2.24) is 15.0 Å². The molecule has 9 nitrogen and oxygen atoms in total. The summed E-state index contributed by atoms with van der Waals surface area (Å²) < 4.78 is 81.7. The van der Waals surface area contributed by atoms with Gasteiger partial charge in [-0.05, 0) is 67.6 Å². The Morgan fingerprint density at radius 3 is 2.09 bits per heavy atom. The predicted octanol–water partition coefficient (Wildman–Crippen LogP) is 7.05. The summed E-state index contributed by atoms with van der Waals surface area (Å²) in [6.07, 6.45) is -5.77. The highest BCUT2D eigenvalue weighted by atomic mass is 19.4. The van der Waals surface area contributed by atoms with E-state index in [1.807, 2.05) is 25.7 Å². The quantitative estimate of drug-likeness (QED) is 0.0690. The lowest BCUT2D eigenvalue weighted by Crippen LogP contribution is -2.40. The van der Waals surface area contributed by atoms with Gasteiger partial charge in [-0.2, -0.15) is 26.3 Å². The number of guanidine groups is 1. The number of alkyl halides is 6. The number of anilines is 1. The van der Waals surface area contributed by atoms with Crippen molar-refractivity contribution in [2.75, 3.05) is 25.0 Å². The first-order chi connectivity index (χ1) is 22.0. The van der Waals surface area contributed by atoms with Crippen molar-refractivity contribution in [1.29, 1.82) is 0 Å². The third-order valence-corrected chi connectivity index (χ3v) is 7.72. The average Bonchev–Trinajstić information content (AvgIpc) is 3.52. The fourth-order valence-corrected chi connectivity index (χ4v) is 5.57. The summed E-state index contributed by atoms with van der Waals surface area (Å²) in [6.45, 7) is 6.56. The normalized spacial score (nSPS) is 14.1. The molecule has 0 radical (unpaired) electrons. The number of aromatic carboxylic acids is 1. The number of hydrazone groups is 1. The molecule has 15 heteroatoms. The number of nitrogens with two attached hydrogens (primary N) is 2. The SMILES string of the molecule is CC.CCN(CC1CCCC1)c1nc2cc(C(=O)O)ccc2cc1CN(Cc1cc(C(F)(F)F)cc(C(F)(F)F)c1)/C(N)=N/N(C)N. The number of carboxylic acid groups (broad SMARTS) is 1. The molecule has 258 valence electrons. The molecule has 0 unspecified atom stereocenters. The molecule has 0 atom stereocenters. The third kappa shape index (κ3) is 9.86. The molecule has 1 fully saturated rings. The number of hydrogen-bond donors (Lipinski definition) is 3. The van der Waals surface area contributed by atoms with E-state index < -0.39 is 36.0 Å². The zero-order valence-corrected chi connectivity index (χ0v) is 26.8. The Kier molecular flexibility index (Phi) is 12.3. The van der Waals surface area contributed by atoms with Crippen LogP contribution in [-0.2, 0) is 25.4 Å². The van der Waals surface area contributed by atoms with Crippen LogP contribution in [-0.4, -0.2) is 52.2 Å². The lowest BCUT2D eigenvalue weighted by molar-refractivity contribution is -0.143. The van der Waals surface area contributed by atoms with Gasteiger partial charge in [0.05, 0.1) is 22.2 Å².